The van der Waals surface area contributed by atoms with Crippen LogP contribution in [0.25, 0.3) is 22.1 Å². The van der Waals surface area contributed by atoms with Gasteiger partial charge in [-0.3, -0.25) is 9.78 Å². The number of anilines is 1. The van der Waals surface area contributed by atoms with Crippen LogP contribution in [0.1, 0.15) is 47.9 Å². The van der Waals surface area contributed by atoms with Gasteiger partial charge in [0.1, 0.15) is 5.82 Å². The van der Waals surface area contributed by atoms with E-state index in [1.54, 1.807) is 24.5 Å². The van der Waals surface area contributed by atoms with E-state index in [2.05, 4.69) is 30.0 Å². The van der Waals surface area contributed by atoms with Gasteiger partial charge in [-0.1, -0.05) is 12.8 Å². The van der Waals surface area contributed by atoms with Gasteiger partial charge in [0.05, 0.1) is 22.9 Å². The van der Waals surface area contributed by atoms with E-state index in [-0.39, 0.29) is 5.91 Å². The first-order valence-corrected chi connectivity index (χ1v) is 9.57. The normalized spacial score (nSPS) is 14.8. The molecular weight excluding hydrogens is 352 g/mol. The number of amides is 1. The number of benzene rings is 1. The third-order valence-corrected chi connectivity index (χ3v) is 5.44. The van der Waals surface area contributed by atoms with E-state index < -0.39 is 0 Å². The third kappa shape index (κ3) is 2.79. The Bertz CT molecular complexity index is 1180. The second kappa shape index (κ2) is 6.67. The van der Waals surface area contributed by atoms with Gasteiger partial charge >= 0.3 is 0 Å². The lowest BCUT2D eigenvalue weighted by Crippen LogP contribution is -2.12. The maximum atomic E-state index is 12.7. The number of hydrogen-bond donors (Lipinski definition) is 1. The standard InChI is InChI=1S/C21H20N6O/c1-13-23-20-19(27(13)16-6-2-3-7-16)17-11-14(8-9-18(17)25-26-20)21(28)24-15-5-4-10-22-12-15/h4-5,8-12,16H,2-3,6-7H2,1H3,(H,24,28). The minimum Gasteiger partial charge on any atom is -0.323 e. The van der Waals surface area contributed by atoms with Crippen molar-refractivity contribution in [3.8, 4) is 0 Å². The van der Waals surface area contributed by atoms with Crippen LogP contribution in [0, 0.1) is 6.92 Å². The van der Waals surface area contributed by atoms with E-state index in [1.165, 1.54) is 12.8 Å². The molecule has 7 heteroatoms. The summed E-state index contributed by atoms with van der Waals surface area (Å²) < 4.78 is 2.29. The average Bonchev–Trinajstić information content (AvgIpc) is 3.35. The quantitative estimate of drug-likeness (QED) is 0.586. The lowest BCUT2D eigenvalue weighted by molar-refractivity contribution is 0.102. The molecule has 140 valence electrons. The van der Waals surface area contributed by atoms with E-state index in [9.17, 15) is 4.79 Å². The number of carbonyl (C=O) groups is 1. The monoisotopic (exact) mass is 372 g/mol. The number of hydrogen-bond acceptors (Lipinski definition) is 5. The molecule has 1 aromatic carbocycles. The molecule has 0 atom stereocenters. The number of aryl methyl sites for hydroxylation is 1. The molecule has 4 aromatic rings. The SMILES string of the molecule is Cc1nc2nnc3ccc(C(=O)Nc4cccnc4)cc3c2n1C1CCCC1. The number of rotatable bonds is 3. The number of carbonyl (C=O) groups excluding carboxylic acids is 1. The van der Waals surface area contributed by atoms with Gasteiger partial charge in [0.15, 0.2) is 0 Å². The number of imidazole rings is 1. The summed E-state index contributed by atoms with van der Waals surface area (Å²) in [6, 6.07) is 9.56. The molecule has 3 aromatic heterocycles. The second-order valence-electron chi connectivity index (χ2n) is 7.27. The minimum absolute atomic E-state index is 0.177. The molecule has 3 heterocycles. The van der Waals surface area contributed by atoms with Crippen molar-refractivity contribution in [1.82, 2.24) is 24.7 Å². The van der Waals surface area contributed by atoms with Crippen LogP contribution >= 0.6 is 0 Å². The van der Waals surface area contributed by atoms with E-state index in [0.717, 1.165) is 35.1 Å². The molecule has 0 saturated heterocycles. The van der Waals surface area contributed by atoms with Gasteiger partial charge < -0.3 is 9.88 Å². The zero-order chi connectivity index (χ0) is 19.1. The van der Waals surface area contributed by atoms with Crippen molar-refractivity contribution in [1.29, 1.82) is 0 Å². The van der Waals surface area contributed by atoms with Crippen molar-refractivity contribution in [3.63, 3.8) is 0 Å². The van der Waals surface area contributed by atoms with E-state index in [0.29, 0.717) is 22.9 Å². The molecular formula is C21H20N6O. The van der Waals surface area contributed by atoms with Crippen molar-refractivity contribution in [2.75, 3.05) is 5.32 Å². The molecule has 28 heavy (non-hydrogen) atoms. The van der Waals surface area contributed by atoms with Gasteiger partial charge in [0.2, 0.25) is 5.65 Å². The summed E-state index contributed by atoms with van der Waals surface area (Å²) in [5, 5.41) is 12.4. The van der Waals surface area contributed by atoms with Crippen LogP contribution in [0.5, 0.6) is 0 Å². The number of aromatic nitrogens is 5. The van der Waals surface area contributed by atoms with Crippen LogP contribution in [-0.2, 0) is 0 Å². The third-order valence-electron chi connectivity index (χ3n) is 5.44. The highest BCUT2D eigenvalue weighted by Crippen LogP contribution is 2.35. The van der Waals surface area contributed by atoms with Crippen LogP contribution in [0.2, 0.25) is 0 Å². The smallest absolute Gasteiger partial charge is 0.255 e. The Morgan fingerprint density at radius 3 is 2.82 bits per heavy atom. The van der Waals surface area contributed by atoms with Crippen molar-refractivity contribution in [2.24, 2.45) is 0 Å². The lowest BCUT2D eigenvalue weighted by atomic mass is 10.1. The number of fused-ring (bicyclic) bond motifs is 3. The van der Waals surface area contributed by atoms with Crippen LogP contribution in [-0.4, -0.2) is 30.6 Å². The molecule has 1 amide bonds. The zero-order valence-corrected chi connectivity index (χ0v) is 15.6. The predicted molar refractivity (Wildman–Crippen MR) is 107 cm³/mol. The summed E-state index contributed by atoms with van der Waals surface area (Å²) in [7, 11) is 0. The summed E-state index contributed by atoms with van der Waals surface area (Å²) in [4.78, 5) is 21.4. The van der Waals surface area contributed by atoms with Crippen LogP contribution in [0.15, 0.2) is 42.7 Å². The Labute approximate surface area is 161 Å². The lowest BCUT2D eigenvalue weighted by Gasteiger charge is -2.15. The van der Waals surface area contributed by atoms with Crippen LogP contribution < -0.4 is 5.32 Å². The number of nitrogens with one attached hydrogen (secondary N) is 1. The second-order valence-corrected chi connectivity index (χ2v) is 7.27. The Morgan fingerprint density at radius 1 is 1.18 bits per heavy atom. The molecule has 0 unspecified atom stereocenters. The van der Waals surface area contributed by atoms with Crippen LogP contribution in [0.3, 0.4) is 0 Å². The van der Waals surface area contributed by atoms with Crippen molar-refractivity contribution in [3.05, 3.63) is 54.1 Å². The molecule has 1 N–H and O–H groups in total. The van der Waals surface area contributed by atoms with Crippen LogP contribution in [0.4, 0.5) is 5.69 Å². The van der Waals surface area contributed by atoms with Crippen molar-refractivity contribution >= 4 is 33.7 Å². The summed E-state index contributed by atoms with van der Waals surface area (Å²) in [6.45, 7) is 2.02. The predicted octanol–water partition coefficient (Wildman–Crippen LogP) is 4.05. The first kappa shape index (κ1) is 16.8. The van der Waals surface area contributed by atoms with Gasteiger partial charge in [-0.25, -0.2) is 4.98 Å². The molecule has 5 rings (SSSR count). The molecule has 1 aliphatic carbocycles. The molecule has 1 saturated carbocycles. The summed E-state index contributed by atoms with van der Waals surface area (Å²) in [5.41, 5.74) is 3.62. The molecule has 1 fully saturated rings. The fourth-order valence-corrected chi connectivity index (χ4v) is 4.15. The fraction of sp³-hybridized carbons (Fsp3) is 0.286. The van der Waals surface area contributed by atoms with Gasteiger partial charge in [-0.15, -0.1) is 10.2 Å². The molecule has 0 bridgehead atoms. The largest absolute Gasteiger partial charge is 0.323 e. The fourth-order valence-electron chi connectivity index (χ4n) is 4.15. The van der Waals surface area contributed by atoms with E-state index >= 15 is 0 Å². The summed E-state index contributed by atoms with van der Waals surface area (Å²) in [6.07, 6.45) is 8.07. The first-order chi connectivity index (χ1) is 13.7. The number of pyridine rings is 1. The van der Waals surface area contributed by atoms with Crippen molar-refractivity contribution < 1.29 is 4.79 Å². The maximum Gasteiger partial charge on any atom is 0.255 e. The minimum atomic E-state index is -0.177. The molecule has 0 aliphatic heterocycles. The summed E-state index contributed by atoms with van der Waals surface area (Å²) >= 11 is 0. The summed E-state index contributed by atoms with van der Waals surface area (Å²) in [5.74, 6) is 0.775. The van der Waals surface area contributed by atoms with E-state index in [4.69, 9.17) is 0 Å². The van der Waals surface area contributed by atoms with Gasteiger partial charge in [0, 0.05) is 23.2 Å². The molecule has 1 aliphatic rings. The molecule has 0 radical (unpaired) electrons. The van der Waals surface area contributed by atoms with Crippen molar-refractivity contribution in [2.45, 2.75) is 38.6 Å². The molecule has 0 spiro atoms. The highest BCUT2D eigenvalue weighted by Gasteiger charge is 2.23. The number of nitrogens with zero attached hydrogens (tertiary/aromatic N) is 5. The highest BCUT2D eigenvalue weighted by atomic mass is 16.1. The Hall–Kier alpha value is -3.35. The molecule has 7 nitrogen and oxygen atoms in total. The zero-order valence-electron chi connectivity index (χ0n) is 15.6. The highest BCUT2D eigenvalue weighted by molar-refractivity contribution is 6.09. The Balaban J connectivity index is 1.63. The Morgan fingerprint density at radius 2 is 2.04 bits per heavy atom. The average molecular weight is 372 g/mol. The van der Waals surface area contributed by atoms with Gasteiger partial charge in [-0.2, -0.15) is 0 Å². The topological polar surface area (TPSA) is 85.6 Å². The maximum absolute atomic E-state index is 12.7. The van der Waals surface area contributed by atoms with Gasteiger partial charge in [-0.05, 0) is 50.1 Å². The van der Waals surface area contributed by atoms with Gasteiger partial charge in [0.25, 0.3) is 5.91 Å². The van der Waals surface area contributed by atoms with E-state index in [1.807, 2.05) is 25.1 Å². The first-order valence-electron chi connectivity index (χ1n) is 9.57. The Kier molecular flexibility index (Phi) is 4.00.